The first-order chi connectivity index (χ1) is 7.72. The van der Waals surface area contributed by atoms with Gasteiger partial charge < -0.3 is 9.64 Å². The molecule has 0 aliphatic rings. The molecular weight excluding hydrogens is 226 g/mol. The van der Waals surface area contributed by atoms with Gasteiger partial charge in [-0.15, -0.1) is 11.3 Å². The number of rotatable bonds is 5. The Kier molecular flexibility index (Phi) is 4.73. The summed E-state index contributed by atoms with van der Waals surface area (Å²) in [6, 6.07) is 2.09. The summed E-state index contributed by atoms with van der Waals surface area (Å²) in [5, 5.41) is 10.9. The SMILES string of the molecule is CCN(CCC#N)c1nc(C(=O)OC)cs1. The highest BCUT2D eigenvalue weighted by Gasteiger charge is 2.14. The van der Waals surface area contributed by atoms with Crippen LogP contribution >= 0.6 is 11.3 Å². The number of methoxy groups -OCH3 is 1. The highest BCUT2D eigenvalue weighted by atomic mass is 32.1. The van der Waals surface area contributed by atoms with Crippen molar-refractivity contribution in [1.29, 1.82) is 5.26 Å². The number of ether oxygens (including phenoxy) is 1. The van der Waals surface area contributed by atoms with Gasteiger partial charge in [0.25, 0.3) is 0 Å². The molecule has 0 radical (unpaired) electrons. The monoisotopic (exact) mass is 239 g/mol. The molecule has 0 spiro atoms. The van der Waals surface area contributed by atoms with Crippen LogP contribution in [0, 0.1) is 11.3 Å². The number of hydrogen-bond acceptors (Lipinski definition) is 6. The molecule has 0 saturated heterocycles. The molecule has 5 nitrogen and oxygen atoms in total. The zero-order chi connectivity index (χ0) is 12.0. The highest BCUT2D eigenvalue weighted by molar-refractivity contribution is 7.13. The quantitative estimate of drug-likeness (QED) is 0.731. The van der Waals surface area contributed by atoms with Crippen LogP contribution in [0.1, 0.15) is 23.8 Å². The fourth-order valence-electron chi connectivity index (χ4n) is 1.18. The van der Waals surface area contributed by atoms with E-state index >= 15 is 0 Å². The average Bonchev–Trinajstić information content (AvgIpc) is 2.78. The summed E-state index contributed by atoms with van der Waals surface area (Å²) in [6.07, 6.45) is 0.445. The van der Waals surface area contributed by atoms with Crippen molar-refractivity contribution in [2.24, 2.45) is 0 Å². The summed E-state index contributed by atoms with van der Waals surface area (Å²) in [4.78, 5) is 17.3. The van der Waals surface area contributed by atoms with Crippen molar-refractivity contribution in [1.82, 2.24) is 4.98 Å². The van der Waals surface area contributed by atoms with Gasteiger partial charge in [0.1, 0.15) is 0 Å². The van der Waals surface area contributed by atoms with E-state index in [1.165, 1.54) is 18.4 Å². The van der Waals surface area contributed by atoms with Crippen LogP contribution in [0.4, 0.5) is 5.13 Å². The lowest BCUT2D eigenvalue weighted by molar-refractivity contribution is 0.0595. The van der Waals surface area contributed by atoms with Gasteiger partial charge in [-0.05, 0) is 6.92 Å². The summed E-state index contributed by atoms with van der Waals surface area (Å²) in [5.41, 5.74) is 0.318. The van der Waals surface area contributed by atoms with Crippen molar-refractivity contribution in [3.63, 3.8) is 0 Å². The van der Waals surface area contributed by atoms with E-state index in [0.29, 0.717) is 18.7 Å². The molecule has 1 aromatic heterocycles. The second kappa shape index (κ2) is 6.08. The number of esters is 1. The second-order valence-corrected chi connectivity index (χ2v) is 3.83. The Morgan fingerprint density at radius 2 is 2.50 bits per heavy atom. The van der Waals surface area contributed by atoms with Gasteiger partial charge in [0.15, 0.2) is 10.8 Å². The Bertz CT molecular complexity index is 397. The van der Waals surface area contributed by atoms with E-state index in [4.69, 9.17) is 5.26 Å². The normalized spacial score (nSPS) is 9.56. The van der Waals surface area contributed by atoms with Crippen molar-refractivity contribution >= 4 is 22.4 Å². The largest absolute Gasteiger partial charge is 0.464 e. The van der Waals surface area contributed by atoms with Gasteiger partial charge in [-0.3, -0.25) is 0 Å². The molecule has 0 amide bonds. The van der Waals surface area contributed by atoms with E-state index in [1.54, 1.807) is 5.38 Å². The molecule has 0 aromatic carbocycles. The number of aromatic nitrogens is 1. The van der Waals surface area contributed by atoms with E-state index in [2.05, 4.69) is 15.8 Å². The predicted molar refractivity (Wildman–Crippen MR) is 61.6 cm³/mol. The van der Waals surface area contributed by atoms with Gasteiger partial charge in [-0.2, -0.15) is 5.26 Å². The van der Waals surface area contributed by atoms with Crippen LogP contribution in [0.25, 0.3) is 0 Å². The van der Waals surface area contributed by atoms with Crippen LogP contribution in [0.15, 0.2) is 5.38 Å². The van der Waals surface area contributed by atoms with Gasteiger partial charge in [0, 0.05) is 18.5 Å². The van der Waals surface area contributed by atoms with Crippen LogP contribution in [0.5, 0.6) is 0 Å². The molecule has 1 aromatic rings. The van der Waals surface area contributed by atoms with E-state index in [1.807, 2.05) is 11.8 Å². The van der Waals surface area contributed by atoms with Crippen LogP contribution in [0.2, 0.25) is 0 Å². The van der Waals surface area contributed by atoms with Crippen LogP contribution in [0.3, 0.4) is 0 Å². The third-order valence-corrected chi connectivity index (χ3v) is 2.93. The van der Waals surface area contributed by atoms with Crippen LogP contribution in [-0.4, -0.2) is 31.2 Å². The Balaban J connectivity index is 2.75. The Morgan fingerprint density at radius 1 is 1.75 bits per heavy atom. The molecule has 0 fully saturated rings. The van der Waals surface area contributed by atoms with Crippen LogP contribution in [-0.2, 0) is 4.74 Å². The molecule has 0 aliphatic carbocycles. The lowest BCUT2D eigenvalue weighted by atomic mass is 10.4. The minimum Gasteiger partial charge on any atom is -0.464 e. The minimum absolute atomic E-state index is 0.318. The lowest BCUT2D eigenvalue weighted by Crippen LogP contribution is -2.23. The zero-order valence-corrected chi connectivity index (χ0v) is 10.1. The van der Waals surface area contributed by atoms with Crippen molar-refractivity contribution < 1.29 is 9.53 Å². The first kappa shape index (κ1) is 12.5. The second-order valence-electron chi connectivity index (χ2n) is 2.99. The van der Waals surface area contributed by atoms with Crippen molar-refractivity contribution in [3.05, 3.63) is 11.1 Å². The molecule has 86 valence electrons. The Labute approximate surface area is 98.3 Å². The molecule has 0 aliphatic heterocycles. The number of anilines is 1. The summed E-state index contributed by atoms with van der Waals surface area (Å²) in [7, 11) is 1.33. The van der Waals surface area contributed by atoms with Gasteiger partial charge in [-0.1, -0.05) is 0 Å². The molecular formula is C10H13N3O2S. The molecule has 0 bridgehead atoms. The number of carbonyl (C=O) groups excluding carboxylic acids is 1. The number of nitriles is 1. The number of carbonyl (C=O) groups is 1. The molecule has 0 atom stereocenters. The summed E-state index contributed by atoms with van der Waals surface area (Å²) in [6.45, 7) is 3.37. The third kappa shape index (κ3) is 2.94. The molecule has 0 unspecified atom stereocenters. The fourth-order valence-corrected chi connectivity index (χ4v) is 2.07. The van der Waals surface area contributed by atoms with E-state index in [9.17, 15) is 4.79 Å². The fraction of sp³-hybridized carbons (Fsp3) is 0.500. The summed E-state index contributed by atoms with van der Waals surface area (Å²) in [5.74, 6) is -0.432. The van der Waals surface area contributed by atoms with Gasteiger partial charge in [-0.25, -0.2) is 9.78 Å². The Hall–Kier alpha value is -1.61. The van der Waals surface area contributed by atoms with Gasteiger partial charge in [0.2, 0.25) is 0 Å². The first-order valence-corrected chi connectivity index (χ1v) is 5.76. The Morgan fingerprint density at radius 3 is 3.06 bits per heavy atom. The number of thiazole rings is 1. The first-order valence-electron chi connectivity index (χ1n) is 4.88. The average molecular weight is 239 g/mol. The van der Waals surface area contributed by atoms with E-state index in [0.717, 1.165) is 11.7 Å². The smallest absolute Gasteiger partial charge is 0.357 e. The van der Waals surface area contributed by atoms with Crippen molar-refractivity contribution in [2.75, 3.05) is 25.1 Å². The number of nitrogens with zero attached hydrogens (tertiary/aromatic N) is 3. The minimum atomic E-state index is -0.432. The topological polar surface area (TPSA) is 66.2 Å². The molecule has 1 rings (SSSR count). The zero-order valence-electron chi connectivity index (χ0n) is 9.27. The molecule has 16 heavy (non-hydrogen) atoms. The van der Waals surface area contributed by atoms with Crippen molar-refractivity contribution in [2.45, 2.75) is 13.3 Å². The summed E-state index contributed by atoms with van der Waals surface area (Å²) < 4.78 is 4.58. The third-order valence-electron chi connectivity index (χ3n) is 2.03. The maximum atomic E-state index is 11.2. The number of hydrogen-bond donors (Lipinski definition) is 0. The van der Waals surface area contributed by atoms with Gasteiger partial charge in [0.05, 0.1) is 19.6 Å². The maximum absolute atomic E-state index is 11.2. The van der Waals surface area contributed by atoms with Gasteiger partial charge >= 0.3 is 5.97 Å². The molecule has 1 heterocycles. The maximum Gasteiger partial charge on any atom is 0.357 e. The standard InChI is InChI=1S/C10H13N3O2S/c1-3-13(6-4-5-11)10-12-8(7-16-10)9(14)15-2/h7H,3-4,6H2,1-2H3. The lowest BCUT2D eigenvalue weighted by Gasteiger charge is -2.17. The molecule has 0 saturated carbocycles. The van der Waals surface area contributed by atoms with E-state index in [-0.39, 0.29) is 0 Å². The predicted octanol–water partition coefficient (Wildman–Crippen LogP) is 1.67. The van der Waals surface area contributed by atoms with Crippen LogP contribution < -0.4 is 4.90 Å². The highest BCUT2D eigenvalue weighted by Crippen LogP contribution is 2.20. The van der Waals surface area contributed by atoms with Crippen molar-refractivity contribution in [3.8, 4) is 6.07 Å². The summed E-state index contributed by atoms with van der Waals surface area (Å²) >= 11 is 1.38. The van der Waals surface area contributed by atoms with E-state index < -0.39 is 5.97 Å². The molecule has 6 heteroatoms. The molecule has 0 N–H and O–H groups in total.